The van der Waals surface area contributed by atoms with Gasteiger partial charge in [-0.15, -0.1) is 0 Å². The zero-order chi connectivity index (χ0) is 4.99. The van der Waals surface area contributed by atoms with E-state index >= 15 is 0 Å². The van der Waals surface area contributed by atoms with Gasteiger partial charge >= 0.3 is 0 Å². The third kappa shape index (κ3) is 2.18. The molecule has 1 N–H and O–H groups in total. The van der Waals surface area contributed by atoms with Gasteiger partial charge in [-0.25, -0.2) is 5.73 Å². The Bertz CT molecular complexity index is 24.7. The lowest BCUT2D eigenvalue weighted by Crippen LogP contribution is -2.18. The topological polar surface area (TPSA) is 27.0 Å². The minimum absolute atomic E-state index is 0.413. The smallest absolute Gasteiger partial charge is 0.0612 e. The predicted molar refractivity (Wildman–Crippen MR) is 26.3 cm³/mol. The zero-order valence-corrected chi connectivity index (χ0v) is 4.36. The van der Waals surface area contributed by atoms with E-state index in [9.17, 15) is 0 Å². The van der Waals surface area contributed by atoms with Crippen LogP contribution in [0, 0.1) is 0 Å². The number of nitrogens with zero attached hydrogens (tertiary/aromatic N) is 1. The summed E-state index contributed by atoms with van der Waals surface area (Å²) in [5.74, 6) is 0. The van der Waals surface area contributed by atoms with Crippen molar-refractivity contribution in [1.82, 2.24) is 10.6 Å². The molecule has 0 atom stereocenters. The molecule has 0 aliphatic rings. The molecule has 0 fully saturated rings. The highest BCUT2D eigenvalue weighted by Crippen LogP contribution is 1.70. The van der Waals surface area contributed by atoms with Crippen LogP contribution in [-0.2, 0) is 0 Å². The summed E-state index contributed by atoms with van der Waals surface area (Å²) in [6.07, 6.45) is 0. The van der Waals surface area contributed by atoms with Crippen LogP contribution in [-0.4, -0.2) is 25.2 Å². The molecule has 0 aromatic carbocycles. The number of hydrogen-bond acceptors (Lipinski definition) is 1. The van der Waals surface area contributed by atoms with Gasteiger partial charge in [-0.1, -0.05) is 6.92 Å². The van der Waals surface area contributed by atoms with Gasteiger partial charge in [-0.3, -0.25) is 4.90 Å². The average molecular weight is 87.1 g/mol. The van der Waals surface area contributed by atoms with Gasteiger partial charge in [0.1, 0.15) is 0 Å². The monoisotopic (exact) mass is 87.1 g/mol. The van der Waals surface area contributed by atoms with Gasteiger partial charge in [-0.2, -0.15) is 0 Å². The first-order valence-electron chi connectivity index (χ1n) is 2.14. The van der Waals surface area contributed by atoms with E-state index in [0.29, 0.717) is 6.67 Å². The molecule has 0 aliphatic heterocycles. The van der Waals surface area contributed by atoms with Crippen LogP contribution in [0.4, 0.5) is 0 Å². The van der Waals surface area contributed by atoms with Gasteiger partial charge in [-0.05, 0) is 13.6 Å². The highest BCUT2D eigenvalue weighted by Gasteiger charge is 1.82. The van der Waals surface area contributed by atoms with Gasteiger partial charge in [0.2, 0.25) is 0 Å². The molecule has 0 aromatic heterocycles. The fourth-order valence-corrected chi connectivity index (χ4v) is 0.112. The second-order valence-electron chi connectivity index (χ2n) is 1.33. The molecule has 0 unspecified atom stereocenters. The van der Waals surface area contributed by atoms with Gasteiger partial charge in [0.25, 0.3) is 0 Å². The van der Waals surface area contributed by atoms with Crippen LogP contribution in [0.2, 0.25) is 0 Å². The highest BCUT2D eigenvalue weighted by atomic mass is 15.1. The van der Waals surface area contributed by atoms with Crippen molar-refractivity contribution in [2.24, 2.45) is 0 Å². The Hall–Kier alpha value is -0.0800. The standard InChI is InChI=1S/C4H11N2/c1-3-6(2)4-5/h5H,3-4H2,1-2H3. The molecule has 0 saturated carbocycles. The summed E-state index contributed by atoms with van der Waals surface area (Å²) < 4.78 is 0. The lowest BCUT2D eigenvalue weighted by atomic mass is 10.7. The van der Waals surface area contributed by atoms with E-state index in [0.717, 1.165) is 6.54 Å². The summed E-state index contributed by atoms with van der Waals surface area (Å²) in [4.78, 5) is 1.92. The molecule has 0 aromatic rings. The quantitative estimate of drug-likeness (QED) is 0.472. The Morgan fingerprint density at radius 3 is 2.17 bits per heavy atom. The zero-order valence-electron chi connectivity index (χ0n) is 4.36. The van der Waals surface area contributed by atoms with Crippen molar-refractivity contribution < 1.29 is 0 Å². The minimum atomic E-state index is 0.413. The van der Waals surface area contributed by atoms with E-state index in [1.165, 1.54) is 0 Å². The second kappa shape index (κ2) is 3.12. The Kier molecular flexibility index (Phi) is 3.08. The van der Waals surface area contributed by atoms with Gasteiger partial charge in [0.15, 0.2) is 0 Å². The van der Waals surface area contributed by atoms with Crippen LogP contribution >= 0.6 is 0 Å². The molecular formula is C4H11N2. The molecule has 0 rings (SSSR count). The van der Waals surface area contributed by atoms with Crippen LogP contribution in [0.1, 0.15) is 6.92 Å². The fraction of sp³-hybridized carbons (Fsp3) is 1.00. The summed E-state index contributed by atoms with van der Waals surface area (Å²) in [6, 6.07) is 0. The molecule has 0 spiro atoms. The van der Waals surface area contributed by atoms with Gasteiger partial charge < -0.3 is 0 Å². The molecular weight excluding hydrogens is 76.1 g/mol. The summed E-state index contributed by atoms with van der Waals surface area (Å²) in [6.45, 7) is 3.43. The SMILES string of the molecule is CCN(C)C[NH]. The predicted octanol–water partition coefficient (Wildman–Crippen LogP) is 0.178. The Labute approximate surface area is 38.9 Å². The minimum Gasteiger partial charge on any atom is -0.293 e. The maximum absolute atomic E-state index is 6.73. The van der Waals surface area contributed by atoms with Gasteiger partial charge in [0, 0.05) is 0 Å². The third-order valence-corrected chi connectivity index (χ3v) is 0.810. The van der Waals surface area contributed by atoms with Crippen LogP contribution < -0.4 is 5.73 Å². The molecule has 37 valence electrons. The first kappa shape index (κ1) is 5.92. The number of hydrogen-bond donors (Lipinski definition) is 0. The molecule has 1 radical (unpaired) electrons. The molecule has 6 heavy (non-hydrogen) atoms. The molecule has 0 heterocycles. The highest BCUT2D eigenvalue weighted by molar-refractivity contribution is 4.33. The van der Waals surface area contributed by atoms with Crippen LogP contribution in [0.5, 0.6) is 0 Å². The molecule has 2 nitrogen and oxygen atoms in total. The molecule has 0 aliphatic carbocycles. The normalized spacial score (nSPS) is 10.0. The van der Waals surface area contributed by atoms with Gasteiger partial charge in [0.05, 0.1) is 6.67 Å². The van der Waals surface area contributed by atoms with Crippen LogP contribution in [0.3, 0.4) is 0 Å². The summed E-state index contributed by atoms with van der Waals surface area (Å²) in [5.41, 5.74) is 6.73. The van der Waals surface area contributed by atoms with Crippen molar-refractivity contribution in [3.05, 3.63) is 0 Å². The van der Waals surface area contributed by atoms with E-state index in [1.807, 2.05) is 18.9 Å². The number of nitrogens with one attached hydrogen (secondary N) is 1. The third-order valence-electron chi connectivity index (χ3n) is 0.810. The average Bonchev–Trinajstić information content (AvgIpc) is 1.65. The first-order chi connectivity index (χ1) is 2.81. The van der Waals surface area contributed by atoms with E-state index in [1.54, 1.807) is 0 Å². The van der Waals surface area contributed by atoms with E-state index < -0.39 is 0 Å². The van der Waals surface area contributed by atoms with Crippen LogP contribution in [0.25, 0.3) is 0 Å². The largest absolute Gasteiger partial charge is 0.293 e. The second-order valence-corrected chi connectivity index (χ2v) is 1.33. The molecule has 2 heteroatoms. The van der Waals surface area contributed by atoms with Crippen molar-refractivity contribution in [3.63, 3.8) is 0 Å². The maximum atomic E-state index is 6.73. The van der Waals surface area contributed by atoms with Crippen molar-refractivity contribution in [2.75, 3.05) is 20.3 Å². The lowest BCUT2D eigenvalue weighted by molar-refractivity contribution is 0.358. The lowest BCUT2D eigenvalue weighted by Gasteiger charge is -2.06. The van der Waals surface area contributed by atoms with Crippen LogP contribution in [0.15, 0.2) is 0 Å². The first-order valence-corrected chi connectivity index (χ1v) is 2.14. The Morgan fingerprint density at radius 1 is 1.67 bits per heavy atom. The fourth-order valence-electron chi connectivity index (χ4n) is 0.112. The van der Waals surface area contributed by atoms with Crippen molar-refractivity contribution >= 4 is 0 Å². The van der Waals surface area contributed by atoms with E-state index in [2.05, 4.69) is 0 Å². The molecule has 0 amide bonds. The van der Waals surface area contributed by atoms with Crippen molar-refractivity contribution in [2.45, 2.75) is 6.92 Å². The van der Waals surface area contributed by atoms with E-state index in [-0.39, 0.29) is 0 Å². The van der Waals surface area contributed by atoms with Crippen molar-refractivity contribution in [1.29, 1.82) is 0 Å². The van der Waals surface area contributed by atoms with Crippen molar-refractivity contribution in [3.8, 4) is 0 Å². The summed E-state index contributed by atoms with van der Waals surface area (Å²) >= 11 is 0. The summed E-state index contributed by atoms with van der Waals surface area (Å²) in [5, 5.41) is 0. The molecule has 0 saturated heterocycles. The van der Waals surface area contributed by atoms with E-state index in [4.69, 9.17) is 5.73 Å². The summed E-state index contributed by atoms with van der Waals surface area (Å²) in [7, 11) is 1.92. The maximum Gasteiger partial charge on any atom is 0.0612 e. The molecule has 0 bridgehead atoms. The number of rotatable bonds is 2. The Morgan fingerprint density at radius 2 is 2.17 bits per heavy atom. The Balaban J connectivity index is 2.75.